The predicted octanol–water partition coefficient (Wildman–Crippen LogP) is 2.90. The topological polar surface area (TPSA) is 69.0 Å². The first-order valence-corrected chi connectivity index (χ1v) is 7.83. The van der Waals surface area contributed by atoms with Crippen LogP contribution in [0.3, 0.4) is 0 Å². The molecule has 0 bridgehead atoms. The van der Waals surface area contributed by atoms with Gasteiger partial charge in [0.05, 0.1) is 18.0 Å². The van der Waals surface area contributed by atoms with Crippen LogP contribution in [0, 0.1) is 6.92 Å². The van der Waals surface area contributed by atoms with Gasteiger partial charge in [-0.3, -0.25) is 4.79 Å². The zero-order valence-corrected chi connectivity index (χ0v) is 14.3. The summed E-state index contributed by atoms with van der Waals surface area (Å²) in [4.78, 5) is 12.3. The maximum Gasteiger partial charge on any atom is 0.237 e. The van der Waals surface area contributed by atoms with Crippen LogP contribution in [0.1, 0.15) is 12.5 Å². The molecule has 1 aromatic heterocycles. The van der Waals surface area contributed by atoms with Gasteiger partial charge in [0.2, 0.25) is 5.91 Å². The number of amides is 1. The molecule has 0 fully saturated rings. The Morgan fingerprint density at radius 3 is 2.82 bits per heavy atom. The van der Waals surface area contributed by atoms with E-state index in [1.54, 1.807) is 23.0 Å². The standard InChI is InChI=1S/C14H17ClN4O2S/c1-8-5-11(12(21-4)6-10(8)15)17-13(20)9(2)22-14-18-16-7-19(14)3/h5-7,9H,1-4H3,(H,17,20)/t9-/m0/s1. The van der Waals surface area contributed by atoms with Gasteiger partial charge in [-0.05, 0) is 25.5 Å². The van der Waals surface area contributed by atoms with Crippen LogP contribution >= 0.6 is 23.4 Å². The Morgan fingerprint density at radius 2 is 2.23 bits per heavy atom. The molecule has 1 amide bonds. The van der Waals surface area contributed by atoms with Crippen molar-refractivity contribution < 1.29 is 9.53 Å². The van der Waals surface area contributed by atoms with Gasteiger partial charge in [-0.25, -0.2) is 0 Å². The molecule has 1 heterocycles. The highest BCUT2D eigenvalue weighted by Crippen LogP contribution is 2.31. The van der Waals surface area contributed by atoms with Crippen molar-refractivity contribution in [1.82, 2.24) is 14.8 Å². The average Bonchev–Trinajstić information content (AvgIpc) is 2.87. The molecule has 6 nitrogen and oxygen atoms in total. The molecule has 0 saturated heterocycles. The highest BCUT2D eigenvalue weighted by atomic mass is 35.5. The molecule has 2 rings (SSSR count). The molecular formula is C14H17ClN4O2S. The van der Waals surface area contributed by atoms with E-state index >= 15 is 0 Å². The summed E-state index contributed by atoms with van der Waals surface area (Å²) in [6.07, 6.45) is 1.60. The zero-order valence-electron chi connectivity index (χ0n) is 12.8. The summed E-state index contributed by atoms with van der Waals surface area (Å²) in [7, 11) is 3.37. The lowest BCUT2D eigenvalue weighted by molar-refractivity contribution is -0.115. The Balaban J connectivity index is 2.11. The number of hydrogen-bond acceptors (Lipinski definition) is 5. The van der Waals surface area contributed by atoms with E-state index in [-0.39, 0.29) is 11.2 Å². The molecule has 0 aliphatic carbocycles. The SMILES string of the molecule is COc1cc(Cl)c(C)cc1NC(=O)[C@H](C)Sc1nncn1C. The number of thioether (sulfide) groups is 1. The number of benzene rings is 1. The van der Waals surface area contributed by atoms with E-state index in [2.05, 4.69) is 15.5 Å². The third-order valence-electron chi connectivity index (χ3n) is 3.06. The summed E-state index contributed by atoms with van der Waals surface area (Å²) in [5.74, 6) is 0.382. The van der Waals surface area contributed by atoms with Crippen molar-refractivity contribution in [2.45, 2.75) is 24.3 Å². The average molecular weight is 341 g/mol. The number of hydrogen-bond donors (Lipinski definition) is 1. The fourth-order valence-corrected chi connectivity index (χ4v) is 2.70. The summed E-state index contributed by atoms with van der Waals surface area (Å²) in [6.45, 7) is 3.68. The minimum Gasteiger partial charge on any atom is -0.495 e. The molecular weight excluding hydrogens is 324 g/mol. The normalized spacial score (nSPS) is 12.0. The Hall–Kier alpha value is -1.73. The van der Waals surface area contributed by atoms with Crippen LogP contribution in [0.4, 0.5) is 5.69 Å². The van der Waals surface area contributed by atoms with Crippen molar-refractivity contribution in [1.29, 1.82) is 0 Å². The van der Waals surface area contributed by atoms with Crippen LogP contribution in [-0.2, 0) is 11.8 Å². The van der Waals surface area contributed by atoms with Crippen molar-refractivity contribution in [3.8, 4) is 5.75 Å². The summed E-state index contributed by atoms with van der Waals surface area (Å²) < 4.78 is 7.02. The van der Waals surface area contributed by atoms with Crippen molar-refractivity contribution >= 4 is 35.0 Å². The van der Waals surface area contributed by atoms with E-state index in [0.717, 1.165) is 5.56 Å². The van der Waals surface area contributed by atoms with Gasteiger partial charge in [0.15, 0.2) is 5.16 Å². The van der Waals surface area contributed by atoms with Gasteiger partial charge >= 0.3 is 0 Å². The van der Waals surface area contributed by atoms with E-state index in [4.69, 9.17) is 16.3 Å². The fraction of sp³-hybridized carbons (Fsp3) is 0.357. The summed E-state index contributed by atoms with van der Waals surface area (Å²) >= 11 is 7.40. The van der Waals surface area contributed by atoms with Crippen molar-refractivity contribution in [2.75, 3.05) is 12.4 Å². The number of aryl methyl sites for hydroxylation is 2. The van der Waals surface area contributed by atoms with E-state index in [1.165, 1.54) is 18.9 Å². The number of nitrogens with zero attached hydrogens (tertiary/aromatic N) is 3. The first kappa shape index (κ1) is 16.6. The molecule has 1 atom stereocenters. The Bertz CT molecular complexity index is 689. The molecule has 22 heavy (non-hydrogen) atoms. The quantitative estimate of drug-likeness (QED) is 0.847. The molecule has 8 heteroatoms. The van der Waals surface area contributed by atoms with E-state index < -0.39 is 0 Å². The first-order valence-electron chi connectivity index (χ1n) is 6.58. The van der Waals surface area contributed by atoms with E-state index in [0.29, 0.717) is 21.6 Å². The molecule has 0 spiro atoms. The highest BCUT2D eigenvalue weighted by molar-refractivity contribution is 8.00. The Labute approximate surface area is 138 Å². The number of carbonyl (C=O) groups is 1. The van der Waals surface area contributed by atoms with Crippen molar-refractivity contribution in [3.05, 3.63) is 29.0 Å². The molecule has 0 unspecified atom stereocenters. The number of ether oxygens (including phenoxy) is 1. The zero-order chi connectivity index (χ0) is 16.3. The van der Waals surface area contributed by atoms with Crippen LogP contribution in [0.5, 0.6) is 5.75 Å². The van der Waals surface area contributed by atoms with Gasteiger partial charge in [-0.2, -0.15) is 0 Å². The summed E-state index contributed by atoms with van der Waals surface area (Å²) in [5, 5.41) is 11.6. The second-order valence-corrected chi connectivity index (χ2v) is 6.49. The van der Waals surface area contributed by atoms with Gasteiger partial charge in [0, 0.05) is 18.1 Å². The van der Waals surface area contributed by atoms with Crippen LogP contribution < -0.4 is 10.1 Å². The van der Waals surface area contributed by atoms with Gasteiger partial charge in [-0.15, -0.1) is 10.2 Å². The summed E-state index contributed by atoms with van der Waals surface area (Å²) in [6, 6.07) is 3.48. The molecule has 0 aliphatic rings. The molecule has 1 aromatic carbocycles. The number of rotatable bonds is 5. The maximum atomic E-state index is 12.3. The minimum atomic E-state index is -0.330. The van der Waals surface area contributed by atoms with Crippen LogP contribution in [0.15, 0.2) is 23.6 Å². The van der Waals surface area contributed by atoms with Gasteiger partial charge < -0.3 is 14.6 Å². The molecule has 0 aliphatic heterocycles. The Morgan fingerprint density at radius 1 is 1.50 bits per heavy atom. The fourth-order valence-electron chi connectivity index (χ4n) is 1.76. The number of anilines is 1. The van der Waals surface area contributed by atoms with Crippen molar-refractivity contribution in [3.63, 3.8) is 0 Å². The molecule has 0 radical (unpaired) electrons. The summed E-state index contributed by atoms with van der Waals surface area (Å²) in [5.41, 5.74) is 1.46. The van der Waals surface area contributed by atoms with Crippen LogP contribution in [0.25, 0.3) is 0 Å². The molecule has 0 saturated carbocycles. The second kappa shape index (κ2) is 7.02. The lowest BCUT2D eigenvalue weighted by Gasteiger charge is -2.15. The lowest BCUT2D eigenvalue weighted by atomic mass is 10.2. The lowest BCUT2D eigenvalue weighted by Crippen LogP contribution is -2.23. The third kappa shape index (κ3) is 3.72. The maximum absolute atomic E-state index is 12.3. The third-order valence-corrected chi connectivity index (χ3v) is 4.62. The predicted molar refractivity (Wildman–Crippen MR) is 87.7 cm³/mol. The number of halogens is 1. The van der Waals surface area contributed by atoms with Gasteiger partial charge in [0.1, 0.15) is 12.1 Å². The Kier molecular flexibility index (Phi) is 5.31. The smallest absolute Gasteiger partial charge is 0.237 e. The van der Waals surface area contributed by atoms with Crippen LogP contribution in [0.2, 0.25) is 5.02 Å². The monoisotopic (exact) mass is 340 g/mol. The van der Waals surface area contributed by atoms with E-state index in [1.807, 2.05) is 20.9 Å². The van der Waals surface area contributed by atoms with Crippen LogP contribution in [-0.4, -0.2) is 33.0 Å². The number of carbonyl (C=O) groups excluding carboxylic acids is 1. The van der Waals surface area contributed by atoms with Gasteiger partial charge in [0.25, 0.3) is 0 Å². The highest BCUT2D eigenvalue weighted by Gasteiger charge is 2.19. The largest absolute Gasteiger partial charge is 0.495 e. The number of aromatic nitrogens is 3. The van der Waals surface area contributed by atoms with E-state index in [9.17, 15) is 4.79 Å². The molecule has 1 N–H and O–H groups in total. The van der Waals surface area contributed by atoms with Gasteiger partial charge in [-0.1, -0.05) is 23.4 Å². The minimum absolute atomic E-state index is 0.145. The first-order chi connectivity index (χ1) is 10.4. The second-order valence-electron chi connectivity index (χ2n) is 4.78. The van der Waals surface area contributed by atoms with Crippen molar-refractivity contribution in [2.24, 2.45) is 7.05 Å². The number of methoxy groups -OCH3 is 1. The molecule has 2 aromatic rings. The number of nitrogens with one attached hydrogen (secondary N) is 1. The molecule has 118 valence electrons.